The highest BCUT2D eigenvalue weighted by Crippen LogP contribution is 2.22. The maximum Gasteiger partial charge on any atom is 0.433 e. The van der Waals surface area contributed by atoms with Crippen LogP contribution in [0, 0.1) is 0 Å². The van der Waals surface area contributed by atoms with E-state index in [1.165, 1.54) is 12.1 Å². The fraction of sp³-hybridized carbons (Fsp3) is 0.250. The molecule has 0 heterocycles. The van der Waals surface area contributed by atoms with Crippen molar-refractivity contribution in [1.29, 1.82) is 0 Å². The molecule has 2 nitrogen and oxygen atoms in total. The Bertz CT molecular complexity index is 298. The third-order valence-corrected chi connectivity index (χ3v) is 1.99. The van der Waals surface area contributed by atoms with E-state index in [4.69, 9.17) is 5.11 Å². The fourth-order valence-electron chi connectivity index (χ4n) is 0.786. The van der Waals surface area contributed by atoms with Gasteiger partial charge in [-0.1, -0.05) is 15.9 Å². The second-order valence-electron chi connectivity index (χ2n) is 2.60. The predicted octanol–water partition coefficient (Wildman–Crippen LogP) is 2.74. The van der Waals surface area contributed by atoms with Crippen molar-refractivity contribution in [3.05, 3.63) is 28.7 Å². The van der Waals surface area contributed by atoms with Crippen molar-refractivity contribution in [1.82, 2.24) is 0 Å². The number of aliphatic hydroxyl groups excluding tert-OH is 1. The number of hydrogen-bond donors (Lipinski definition) is 2. The Hall–Kier alpha value is -0.750. The minimum Gasteiger partial charge on any atom is -0.366 e. The lowest BCUT2D eigenvalue weighted by atomic mass is 10.3. The van der Waals surface area contributed by atoms with Crippen LogP contribution in [0.2, 0.25) is 0 Å². The Morgan fingerprint density at radius 2 is 1.71 bits per heavy atom. The molecular weight excluding hydrogens is 263 g/mol. The van der Waals surface area contributed by atoms with Crippen molar-refractivity contribution >= 4 is 21.6 Å². The fourth-order valence-corrected chi connectivity index (χ4v) is 1.05. The first-order chi connectivity index (χ1) is 6.39. The molecule has 0 bridgehead atoms. The molecule has 78 valence electrons. The van der Waals surface area contributed by atoms with Gasteiger partial charge in [0.2, 0.25) is 6.23 Å². The normalized spacial score (nSPS) is 13.8. The number of benzene rings is 1. The average Bonchev–Trinajstić information content (AvgIpc) is 2.07. The summed E-state index contributed by atoms with van der Waals surface area (Å²) in [5, 5.41) is 10.6. The summed E-state index contributed by atoms with van der Waals surface area (Å²) in [5.74, 6) is 0. The SMILES string of the molecule is OC(Nc1ccc(Br)cc1)C(F)(F)F. The van der Waals surface area contributed by atoms with E-state index in [0.717, 1.165) is 4.47 Å². The Balaban J connectivity index is 2.65. The lowest BCUT2D eigenvalue weighted by Gasteiger charge is -2.16. The van der Waals surface area contributed by atoms with E-state index in [-0.39, 0.29) is 5.69 Å². The summed E-state index contributed by atoms with van der Waals surface area (Å²) in [5.41, 5.74) is 0.207. The molecule has 0 aliphatic carbocycles. The molecule has 0 amide bonds. The molecule has 0 spiro atoms. The third kappa shape index (κ3) is 3.19. The minimum absolute atomic E-state index is 0.207. The van der Waals surface area contributed by atoms with Gasteiger partial charge in [-0.15, -0.1) is 0 Å². The van der Waals surface area contributed by atoms with Crippen LogP contribution in [-0.2, 0) is 0 Å². The van der Waals surface area contributed by atoms with Crippen molar-refractivity contribution in [2.45, 2.75) is 12.4 Å². The predicted molar refractivity (Wildman–Crippen MR) is 49.8 cm³/mol. The average molecular weight is 270 g/mol. The molecule has 1 aromatic carbocycles. The molecule has 0 fully saturated rings. The first kappa shape index (κ1) is 11.3. The highest BCUT2D eigenvalue weighted by atomic mass is 79.9. The molecule has 6 heteroatoms. The van der Waals surface area contributed by atoms with Crippen LogP contribution in [0.3, 0.4) is 0 Å². The number of rotatable bonds is 2. The van der Waals surface area contributed by atoms with Crippen LogP contribution >= 0.6 is 15.9 Å². The van der Waals surface area contributed by atoms with Gasteiger partial charge >= 0.3 is 6.18 Å². The van der Waals surface area contributed by atoms with E-state index in [0.29, 0.717) is 0 Å². The van der Waals surface area contributed by atoms with Crippen molar-refractivity contribution in [3.8, 4) is 0 Å². The Labute approximate surface area is 86.9 Å². The second-order valence-corrected chi connectivity index (χ2v) is 3.51. The lowest BCUT2D eigenvalue weighted by Crippen LogP contribution is -2.35. The molecule has 2 N–H and O–H groups in total. The summed E-state index contributed by atoms with van der Waals surface area (Å²) in [6, 6.07) is 6.01. The van der Waals surface area contributed by atoms with Gasteiger partial charge in [-0.3, -0.25) is 0 Å². The van der Waals surface area contributed by atoms with Gasteiger partial charge in [0, 0.05) is 10.2 Å². The molecule has 1 atom stereocenters. The molecule has 0 radical (unpaired) electrons. The van der Waals surface area contributed by atoms with Crippen LogP contribution in [0.4, 0.5) is 18.9 Å². The number of halogens is 4. The third-order valence-electron chi connectivity index (χ3n) is 1.46. The summed E-state index contributed by atoms with van der Waals surface area (Å²) in [7, 11) is 0. The van der Waals surface area contributed by atoms with Gasteiger partial charge in [-0.05, 0) is 24.3 Å². The Morgan fingerprint density at radius 1 is 1.21 bits per heavy atom. The molecule has 0 saturated heterocycles. The second kappa shape index (κ2) is 4.18. The summed E-state index contributed by atoms with van der Waals surface area (Å²) in [6.07, 6.45) is -7.20. The Kier molecular flexibility index (Phi) is 3.38. The van der Waals surface area contributed by atoms with E-state index < -0.39 is 12.4 Å². The standard InChI is InChI=1S/C8H7BrF3NO/c9-5-1-3-6(4-2-5)13-7(14)8(10,11)12/h1-4,7,13-14H. The molecule has 0 aliphatic heterocycles. The van der Waals surface area contributed by atoms with Crippen LogP contribution < -0.4 is 5.32 Å². The molecular formula is C8H7BrF3NO. The molecule has 0 aromatic heterocycles. The van der Waals surface area contributed by atoms with Gasteiger partial charge < -0.3 is 10.4 Å². The van der Waals surface area contributed by atoms with Gasteiger partial charge in [0.1, 0.15) is 0 Å². The van der Waals surface area contributed by atoms with Crippen LogP contribution in [0.1, 0.15) is 0 Å². The van der Waals surface area contributed by atoms with Gasteiger partial charge in [0.25, 0.3) is 0 Å². The lowest BCUT2D eigenvalue weighted by molar-refractivity contribution is -0.194. The maximum absolute atomic E-state index is 11.9. The summed E-state index contributed by atoms with van der Waals surface area (Å²) >= 11 is 3.14. The topological polar surface area (TPSA) is 32.3 Å². The van der Waals surface area contributed by atoms with Crippen LogP contribution in [0.25, 0.3) is 0 Å². The number of anilines is 1. The molecule has 1 aromatic rings. The highest BCUT2D eigenvalue weighted by molar-refractivity contribution is 9.10. The van der Waals surface area contributed by atoms with Gasteiger partial charge in [-0.25, -0.2) is 0 Å². The van der Waals surface area contributed by atoms with Crippen LogP contribution in [0.15, 0.2) is 28.7 Å². The molecule has 0 saturated carbocycles. The smallest absolute Gasteiger partial charge is 0.366 e. The van der Waals surface area contributed by atoms with E-state index in [1.54, 1.807) is 12.1 Å². The van der Waals surface area contributed by atoms with Crippen molar-refractivity contribution < 1.29 is 18.3 Å². The first-order valence-electron chi connectivity index (χ1n) is 3.66. The van der Waals surface area contributed by atoms with E-state index in [9.17, 15) is 13.2 Å². The van der Waals surface area contributed by atoms with Crippen LogP contribution in [0.5, 0.6) is 0 Å². The molecule has 1 rings (SSSR count). The Morgan fingerprint density at radius 3 is 2.14 bits per heavy atom. The van der Waals surface area contributed by atoms with E-state index >= 15 is 0 Å². The number of hydrogen-bond acceptors (Lipinski definition) is 2. The minimum atomic E-state index is -4.66. The summed E-state index contributed by atoms with van der Waals surface area (Å²) in [4.78, 5) is 0. The zero-order valence-corrected chi connectivity index (χ0v) is 8.43. The van der Waals surface area contributed by atoms with Crippen LogP contribution in [-0.4, -0.2) is 17.5 Å². The van der Waals surface area contributed by atoms with Gasteiger partial charge in [-0.2, -0.15) is 13.2 Å². The van der Waals surface area contributed by atoms with Gasteiger partial charge in [0.05, 0.1) is 0 Å². The van der Waals surface area contributed by atoms with Crippen molar-refractivity contribution in [3.63, 3.8) is 0 Å². The van der Waals surface area contributed by atoms with E-state index in [2.05, 4.69) is 15.9 Å². The number of nitrogens with one attached hydrogen (secondary N) is 1. The first-order valence-corrected chi connectivity index (χ1v) is 4.46. The quantitative estimate of drug-likeness (QED) is 0.810. The molecule has 14 heavy (non-hydrogen) atoms. The monoisotopic (exact) mass is 269 g/mol. The van der Waals surface area contributed by atoms with E-state index in [1.807, 2.05) is 5.32 Å². The van der Waals surface area contributed by atoms with Crippen molar-refractivity contribution in [2.24, 2.45) is 0 Å². The number of aliphatic hydroxyl groups is 1. The molecule has 0 aliphatic rings. The maximum atomic E-state index is 11.9. The highest BCUT2D eigenvalue weighted by Gasteiger charge is 2.38. The summed E-state index contributed by atoms with van der Waals surface area (Å²) < 4.78 is 36.4. The molecule has 1 unspecified atom stereocenters. The van der Waals surface area contributed by atoms with Crippen molar-refractivity contribution in [2.75, 3.05) is 5.32 Å². The zero-order chi connectivity index (χ0) is 10.8. The zero-order valence-electron chi connectivity index (χ0n) is 6.85. The summed E-state index contributed by atoms with van der Waals surface area (Å²) in [6.45, 7) is 0. The van der Waals surface area contributed by atoms with Gasteiger partial charge in [0.15, 0.2) is 0 Å². The number of alkyl halides is 3. The largest absolute Gasteiger partial charge is 0.433 e.